The second kappa shape index (κ2) is 5.79. The SMILES string of the molecule is Cc1cc(Br)ccc1C(=O)N[C@H](CO)C(=O)O. The highest BCUT2D eigenvalue weighted by Gasteiger charge is 2.20. The number of nitrogens with one attached hydrogen (secondary N) is 1. The Morgan fingerprint density at radius 3 is 2.59 bits per heavy atom. The number of rotatable bonds is 4. The molecular weight excluding hydrogens is 290 g/mol. The van der Waals surface area contributed by atoms with Gasteiger partial charge < -0.3 is 15.5 Å². The number of carbonyl (C=O) groups excluding carboxylic acids is 1. The maximum atomic E-state index is 11.7. The molecule has 1 aromatic carbocycles. The molecule has 0 aliphatic rings. The number of aliphatic hydroxyl groups is 1. The molecule has 92 valence electrons. The lowest BCUT2D eigenvalue weighted by Gasteiger charge is -2.12. The van der Waals surface area contributed by atoms with Gasteiger partial charge in [-0.05, 0) is 30.7 Å². The van der Waals surface area contributed by atoms with Crippen LogP contribution in [0.4, 0.5) is 0 Å². The molecular formula is C11H12BrNO4. The van der Waals surface area contributed by atoms with Crippen LogP contribution in [-0.2, 0) is 4.79 Å². The summed E-state index contributed by atoms with van der Waals surface area (Å²) in [4.78, 5) is 22.4. The van der Waals surface area contributed by atoms with Gasteiger partial charge in [0.15, 0.2) is 6.04 Å². The predicted molar refractivity (Wildman–Crippen MR) is 64.9 cm³/mol. The molecule has 0 fully saturated rings. The van der Waals surface area contributed by atoms with Crippen molar-refractivity contribution >= 4 is 27.8 Å². The molecule has 0 aliphatic heterocycles. The van der Waals surface area contributed by atoms with E-state index in [4.69, 9.17) is 10.2 Å². The molecule has 1 aromatic rings. The van der Waals surface area contributed by atoms with E-state index in [0.717, 1.165) is 10.0 Å². The molecule has 5 nitrogen and oxygen atoms in total. The summed E-state index contributed by atoms with van der Waals surface area (Å²) in [6.07, 6.45) is 0. The van der Waals surface area contributed by atoms with Crippen LogP contribution in [0.15, 0.2) is 22.7 Å². The van der Waals surface area contributed by atoms with Gasteiger partial charge in [0.05, 0.1) is 6.61 Å². The number of amides is 1. The van der Waals surface area contributed by atoms with E-state index in [2.05, 4.69) is 21.2 Å². The van der Waals surface area contributed by atoms with Crippen LogP contribution in [0.2, 0.25) is 0 Å². The van der Waals surface area contributed by atoms with Gasteiger partial charge in [-0.3, -0.25) is 4.79 Å². The number of aryl methyl sites for hydroxylation is 1. The first-order chi connectivity index (χ1) is 7.95. The van der Waals surface area contributed by atoms with Crippen molar-refractivity contribution in [2.45, 2.75) is 13.0 Å². The van der Waals surface area contributed by atoms with Gasteiger partial charge in [0.2, 0.25) is 0 Å². The lowest BCUT2D eigenvalue weighted by atomic mass is 10.1. The van der Waals surface area contributed by atoms with E-state index in [-0.39, 0.29) is 0 Å². The maximum Gasteiger partial charge on any atom is 0.328 e. The Balaban J connectivity index is 2.86. The number of benzene rings is 1. The van der Waals surface area contributed by atoms with Gasteiger partial charge in [-0.2, -0.15) is 0 Å². The van der Waals surface area contributed by atoms with Gasteiger partial charge in [-0.1, -0.05) is 15.9 Å². The smallest absolute Gasteiger partial charge is 0.328 e. The van der Waals surface area contributed by atoms with E-state index in [1.54, 1.807) is 25.1 Å². The summed E-state index contributed by atoms with van der Waals surface area (Å²) < 4.78 is 0.837. The molecule has 0 heterocycles. The van der Waals surface area contributed by atoms with Crippen molar-refractivity contribution in [3.05, 3.63) is 33.8 Å². The van der Waals surface area contributed by atoms with Crippen LogP contribution < -0.4 is 5.32 Å². The molecule has 3 N–H and O–H groups in total. The number of carboxylic acids is 1. The molecule has 17 heavy (non-hydrogen) atoms. The minimum atomic E-state index is -1.29. The highest BCUT2D eigenvalue weighted by Crippen LogP contribution is 2.15. The number of aliphatic carboxylic acids is 1. The monoisotopic (exact) mass is 301 g/mol. The summed E-state index contributed by atoms with van der Waals surface area (Å²) >= 11 is 3.27. The summed E-state index contributed by atoms with van der Waals surface area (Å²) in [5.41, 5.74) is 1.10. The van der Waals surface area contributed by atoms with Crippen molar-refractivity contribution in [1.82, 2.24) is 5.32 Å². The first-order valence-corrected chi connectivity index (χ1v) is 5.65. The summed E-state index contributed by atoms with van der Waals surface area (Å²) in [6.45, 7) is 1.10. The molecule has 0 aliphatic carbocycles. The van der Waals surface area contributed by atoms with Crippen molar-refractivity contribution in [3.63, 3.8) is 0 Å². The van der Waals surface area contributed by atoms with Crippen LogP contribution in [0.3, 0.4) is 0 Å². The van der Waals surface area contributed by atoms with Gasteiger partial charge in [0.1, 0.15) is 0 Å². The molecule has 1 rings (SSSR count). The second-order valence-electron chi connectivity index (χ2n) is 3.51. The highest BCUT2D eigenvalue weighted by molar-refractivity contribution is 9.10. The Bertz CT molecular complexity index is 447. The number of halogens is 1. The molecule has 0 aromatic heterocycles. The maximum absolute atomic E-state index is 11.7. The topological polar surface area (TPSA) is 86.6 Å². The lowest BCUT2D eigenvalue weighted by Crippen LogP contribution is -2.43. The fourth-order valence-electron chi connectivity index (χ4n) is 1.30. The summed E-state index contributed by atoms with van der Waals surface area (Å²) in [5.74, 6) is -1.79. The van der Waals surface area contributed by atoms with Gasteiger partial charge in [-0.25, -0.2) is 4.79 Å². The zero-order valence-corrected chi connectivity index (χ0v) is 10.7. The second-order valence-corrected chi connectivity index (χ2v) is 4.42. The predicted octanol–water partition coefficient (Wildman–Crippen LogP) is 0.933. The number of aliphatic hydroxyl groups excluding tert-OH is 1. The first-order valence-electron chi connectivity index (χ1n) is 4.86. The van der Waals surface area contributed by atoms with E-state index in [1.165, 1.54) is 0 Å². The number of carbonyl (C=O) groups is 2. The molecule has 1 atom stereocenters. The molecule has 0 unspecified atom stereocenters. The summed E-state index contributed by atoms with van der Waals surface area (Å²) in [6, 6.07) is 3.75. The largest absolute Gasteiger partial charge is 0.480 e. The quantitative estimate of drug-likeness (QED) is 0.772. The van der Waals surface area contributed by atoms with Crippen molar-refractivity contribution in [1.29, 1.82) is 0 Å². The van der Waals surface area contributed by atoms with Gasteiger partial charge in [0.25, 0.3) is 5.91 Å². The van der Waals surface area contributed by atoms with E-state index in [9.17, 15) is 9.59 Å². The Labute approximate surface area is 107 Å². The fourth-order valence-corrected chi connectivity index (χ4v) is 1.78. The third-order valence-electron chi connectivity index (χ3n) is 2.22. The standard InChI is InChI=1S/C11H12BrNO4/c1-6-4-7(12)2-3-8(6)10(15)13-9(5-14)11(16)17/h2-4,9,14H,5H2,1H3,(H,13,15)(H,16,17)/t9-/m1/s1. The van der Waals surface area contributed by atoms with Crippen LogP contribution >= 0.6 is 15.9 Å². The molecule has 0 saturated carbocycles. The minimum absolute atomic E-state index is 0.382. The average Bonchev–Trinajstić information content (AvgIpc) is 2.24. The van der Waals surface area contributed by atoms with Crippen molar-refractivity contribution in [2.24, 2.45) is 0 Å². The Morgan fingerprint density at radius 1 is 1.47 bits per heavy atom. The number of hydrogen-bond acceptors (Lipinski definition) is 3. The van der Waals surface area contributed by atoms with Crippen molar-refractivity contribution in [3.8, 4) is 0 Å². The Kier molecular flexibility index (Phi) is 4.65. The zero-order valence-electron chi connectivity index (χ0n) is 9.11. The molecule has 6 heteroatoms. The normalized spacial score (nSPS) is 11.9. The molecule has 0 spiro atoms. The summed E-state index contributed by atoms with van der Waals surface area (Å²) in [5, 5.41) is 19.7. The van der Waals surface area contributed by atoms with Crippen molar-refractivity contribution < 1.29 is 19.8 Å². The number of hydrogen-bond donors (Lipinski definition) is 3. The van der Waals surface area contributed by atoms with Gasteiger partial charge in [-0.15, -0.1) is 0 Å². The summed E-state index contributed by atoms with van der Waals surface area (Å²) in [7, 11) is 0. The number of carboxylic acid groups (broad SMARTS) is 1. The van der Waals surface area contributed by atoms with Crippen LogP contribution in [0, 0.1) is 6.92 Å². The van der Waals surface area contributed by atoms with Gasteiger partial charge >= 0.3 is 5.97 Å². The van der Waals surface area contributed by atoms with Crippen LogP contribution in [0.1, 0.15) is 15.9 Å². The molecule has 1 amide bonds. The highest BCUT2D eigenvalue weighted by atomic mass is 79.9. The Morgan fingerprint density at radius 2 is 2.12 bits per heavy atom. The third-order valence-corrected chi connectivity index (χ3v) is 2.71. The minimum Gasteiger partial charge on any atom is -0.480 e. The molecule has 0 saturated heterocycles. The van der Waals surface area contributed by atoms with E-state index < -0.39 is 24.5 Å². The lowest BCUT2D eigenvalue weighted by molar-refractivity contribution is -0.140. The van der Waals surface area contributed by atoms with Gasteiger partial charge in [0, 0.05) is 10.0 Å². The first kappa shape index (κ1) is 13.7. The molecule has 0 radical (unpaired) electrons. The van der Waals surface area contributed by atoms with E-state index in [1.807, 2.05) is 0 Å². The van der Waals surface area contributed by atoms with E-state index in [0.29, 0.717) is 5.56 Å². The Hall–Kier alpha value is -1.40. The van der Waals surface area contributed by atoms with Crippen LogP contribution in [0.5, 0.6) is 0 Å². The zero-order chi connectivity index (χ0) is 13.0. The average molecular weight is 302 g/mol. The molecule has 0 bridgehead atoms. The van der Waals surface area contributed by atoms with E-state index >= 15 is 0 Å². The van der Waals surface area contributed by atoms with Crippen LogP contribution in [-0.4, -0.2) is 34.7 Å². The third kappa shape index (κ3) is 3.54. The van der Waals surface area contributed by atoms with Crippen LogP contribution in [0.25, 0.3) is 0 Å². The fraction of sp³-hybridized carbons (Fsp3) is 0.273. The van der Waals surface area contributed by atoms with Crippen molar-refractivity contribution in [2.75, 3.05) is 6.61 Å².